The number of primary amides is 1. The molecule has 1 aromatic heterocycles. The molecule has 5 unspecified atom stereocenters. The lowest BCUT2D eigenvalue weighted by Crippen LogP contribution is -2.59. The van der Waals surface area contributed by atoms with Crippen molar-refractivity contribution in [3.63, 3.8) is 0 Å². The second-order valence-corrected chi connectivity index (χ2v) is 17.8. The van der Waals surface area contributed by atoms with Gasteiger partial charge in [-0.15, -0.1) is 0 Å². The van der Waals surface area contributed by atoms with Crippen molar-refractivity contribution in [2.75, 3.05) is 30.6 Å². The molecule has 4 rings (SSSR count). The monoisotopic (exact) mass is 974 g/mol. The molecule has 0 spiro atoms. The highest BCUT2D eigenvalue weighted by Crippen LogP contribution is 2.20. The zero-order chi connectivity index (χ0) is 49.6. The zero-order valence-electron chi connectivity index (χ0n) is 37.7. The normalized spacial score (nSPS) is 13.1. The Balaban J connectivity index is 1.46. The van der Waals surface area contributed by atoms with E-state index in [-0.39, 0.29) is 38.5 Å². The van der Waals surface area contributed by atoms with Gasteiger partial charge in [-0.3, -0.25) is 43.2 Å². The van der Waals surface area contributed by atoms with Crippen LogP contribution < -0.4 is 37.6 Å². The molecule has 3 aromatic carbocycles. The Labute approximate surface area is 401 Å². The maximum atomic E-state index is 14.2. The number of aryl methyl sites for hydroxylation is 1. The van der Waals surface area contributed by atoms with Crippen LogP contribution in [-0.2, 0) is 68.8 Å². The van der Waals surface area contributed by atoms with E-state index in [9.17, 15) is 48.3 Å². The van der Waals surface area contributed by atoms with Crippen LogP contribution in [0.1, 0.15) is 47.9 Å². The van der Waals surface area contributed by atoms with E-state index in [1.54, 1.807) is 73.1 Å². The van der Waals surface area contributed by atoms with Gasteiger partial charge in [-0.2, -0.15) is 23.5 Å². The summed E-state index contributed by atoms with van der Waals surface area (Å²) in [6, 6.07) is 16.2. The van der Waals surface area contributed by atoms with Gasteiger partial charge in [-0.25, -0.2) is 0 Å². The number of aromatic nitrogens is 1. The largest absolute Gasteiger partial charge is 0.481 e. The van der Waals surface area contributed by atoms with Crippen LogP contribution in [0.5, 0.6) is 0 Å². The van der Waals surface area contributed by atoms with E-state index in [0.717, 1.165) is 16.5 Å². The van der Waals surface area contributed by atoms with Crippen LogP contribution in [-0.4, -0.2) is 129 Å². The predicted octanol–water partition coefficient (Wildman–Crippen LogP) is 1.22. The first-order chi connectivity index (χ1) is 32.6. The van der Waals surface area contributed by atoms with Crippen LogP contribution >= 0.6 is 23.5 Å². The van der Waals surface area contributed by atoms with Crippen LogP contribution in [0, 0.1) is 0 Å². The van der Waals surface area contributed by atoms with Gasteiger partial charge in [0.05, 0.1) is 19.4 Å². The van der Waals surface area contributed by atoms with Crippen molar-refractivity contribution >= 4 is 87.7 Å². The Hall–Kier alpha value is -6.87. The van der Waals surface area contributed by atoms with Crippen molar-refractivity contribution in [3.05, 3.63) is 107 Å². The lowest BCUT2D eigenvalue weighted by Gasteiger charge is -2.26. The van der Waals surface area contributed by atoms with E-state index in [4.69, 9.17) is 10.8 Å². The van der Waals surface area contributed by atoms with E-state index >= 15 is 0 Å². The van der Waals surface area contributed by atoms with Gasteiger partial charge < -0.3 is 52.8 Å². The summed E-state index contributed by atoms with van der Waals surface area (Å²) >= 11 is 2.81. The van der Waals surface area contributed by atoms with E-state index in [1.165, 1.54) is 23.5 Å². The number of aromatic amines is 1. The van der Waals surface area contributed by atoms with Crippen molar-refractivity contribution in [1.29, 1.82) is 0 Å². The number of carbonyl (C=O) groups excluding carboxylic acids is 7. The van der Waals surface area contributed by atoms with Crippen molar-refractivity contribution < 1.29 is 53.4 Å². The number of fused-ring (bicyclic) bond motifs is 1. The number of para-hydroxylation sites is 1. The molecule has 0 saturated heterocycles. The predicted molar refractivity (Wildman–Crippen MR) is 258 cm³/mol. The van der Waals surface area contributed by atoms with Crippen molar-refractivity contribution in [2.45, 2.75) is 81.6 Å². The molecule has 1 heterocycles. The molecule has 4 aromatic rings. The first-order valence-electron chi connectivity index (χ1n) is 21.7. The summed E-state index contributed by atoms with van der Waals surface area (Å²) in [6.45, 7) is -0.580. The van der Waals surface area contributed by atoms with E-state index in [0.29, 0.717) is 34.6 Å². The third-order valence-corrected chi connectivity index (χ3v) is 11.9. The molecule has 19 nitrogen and oxygen atoms in total. The summed E-state index contributed by atoms with van der Waals surface area (Å²) < 4.78 is 0. The maximum Gasteiger partial charge on any atom is 0.307 e. The Bertz CT molecular complexity index is 2380. The second kappa shape index (κ2) is 27.7. The quantitative estimate of drug-likeness (QED) is 0.0367. The summed E-state index contributed by atoms with van der Waals surface area (Å²) in [5.41, 5.74) is 9.06. The number of amides is 7. The van der Waals surface area contributed by atoms with Crippen LogP contribution in [0.15, 0.2) is 85.1 Å². The first kappa shape index (κ1) is 53.7. The number of thioether (sulfide) groups is 2. The molecule has 0 aliphatic rings. The van der Waals surface area contributed by atoms with Crippen LogP contribution in [0.25, 0.3) is 10.9 Å². The highest BCUT2D eigenvalue weighted by Gasteiger charge is 2.33. The number of carbonyl (C=O) groups is 9. The highest BCUT2D eigenvalue weighted by molar-refractivity contribution is 7.98. The first-order valence-corrected chi connectivity index (χ1v) is 24.5. The van der Waals surface area contributed by atoms with Gasteiger partial charge in [0.1, 0.15) is 30.2 Å². The van der Waals surface area contributed by atoms with Crippen LogP contribution in [0.3, 0.4) is 0 Å². The summed E-state index contributed by atoms with van der Waals surface area (Å²) in [5, 5.41) is 34.9. The molecular weight excluding hydrogens is 917 g/mol. The molecule has 0 aliphatic heterocycles. The van der Waals surface area contributed by atoms with E-state index < -0.39 is 96.5 Å². The molecule has 0 fully saturated rings. The van der Waals surface area contributed by atoms with Crippen LogP contribution in [0.4, 0.5) is 0 Å². The third-order valence-electron chi connectivity index (χ3n) is 10.7. The zero-order valence-corrected chi connectivity index (χ0v) is 39.3. The minimum atomic E-state index is -1.68. The average Bonchev–Trinajstić information content (AvgIpc) is 3.72. The van der Waals surface area contributed by atoms with Gasteiger partial charge >= 0.3 is 11.9 Å². The number of benzene rings is 3. The number of carboxylic acids is 2. The molecule has 7 amide bonds. The van der Waals surface area contributed by atoms with Crippen molar-refractivity contribution in [2.24, 2.45) is 5.73 Å². The topological polar surface area (TPSA) is 308 Å². The SMILES string of the molecule is CSCCC(NC(=O)CCc1ccc(CC(=O)O)cc1)C(=O)NCC(=O)NC(Cc1c[nH]c2ccccc12)C(=O)NC(CCSC)C(=O)NC(CC(=O)O)C(=O)NC(Cc1ccccc1)C(N)=O. The average molecular weight is 975 g/mol. The molecule has 0 bridgehead atoms. The Kier molecular flexibility index (Phi) is 21.9. The Morgan fingerprint density at radius 3 is 1.78 bits per heavy atom. The number of nitrogens with two attached hydrogens (primary N) is 1. The molecule has 68 heavy (non-hydrogen) atoms. The summed E-state index contributed by atoms with van der Waals surface area (Å²) in [6.07, 6.45) is 4.89. The van der Waals surface area contributed by atoms with E-state index in [1.807, 2.05) is 24.5 Å². The number of nitrogens with one attached hydrogen (secondary N) is 7. The van der Waals surface area contributed by atoms with Gasteiger partial charge in [0.25, 0.3) is 0 Å². The third kappa shape index (κ3) is 18.1. The second-order valence-electron chi connectivity index (χ2n) is 15.8. The number of hydrogen-bond acceptors (Lipinski definition) is 11. The van der Waals surface area contributed by atoms with Gasteiger partial charge in [-0.1, -0.05) is 72.8 Å². The molecular formula is C47H58N8O11S2. The fraction of sp³-hybridized carbons (Fsp3) is 0.383. The molecule has 0 saturated carbocycles. The summed E-state index contributed by atoms with van der Waals surface area (Å²) in [7, 11) is 0. The fourth-order valence-corrected chi connectivity index (χ4v) is 8.01. The van der Waals surface area contributed by atoms with Crippen molar-refractivity contribution in [3.8, 4) is 0 Å². The summed E-state index contributed by atoms with van der Waals surface area (Å²) in [5.74, 6) is -6.90. The number of rotatable bonds is 29. The van der Waals surface area contributed by atoms with E-state index in [2.05, 4.69) is 36.9 Å². The lowest BCUT2D eigenvalue weighted by atomic mass is 10.0. The molecule has 11 N–H and O–H groups in total. The molecule has 21 heteroatoms. The van der Waals surface area contributed by atoms with Gasteiger partial charge in [0.2, 0.25) is 41.4 Å². The smallest absolute Gasteiger partial charge is 0.307 e. The molecule has 0 radical (unpaired) electrons. The number of H-pyrrole nitrogens is 1. The van der Waals surface area contributed by atoms with Crippen molar-refractivity contribution in [1.82, 2.24) is 36.9 Å². The minimum Gasteiger partial charge on any atom is -0.481 e. The van der Waals surface area contributed by atoms with Gasteiger partial charge in [-0.05, 0) is 71.6 Å². The minimum absolute atomic E-state index is 0.00107. The molecule has 5 atom stereocenters. The standard InChI is InChI=1S/C47H58N8O11S2/c1-67-20-18-34(51-39(56)17-16-28-12-14-30(15-13-28)23-41(58)59)44(63)50-27-40(57)52-37(24-31-26-49-33-11-7-6-10-32(31)33)46(65)53-35(19-21-68-2)45(64)55-38(25-42(60)61)47(66)54-36(43(48)62)22-29-8-4-3-5-9-29/h3-15,26,34-38,49H,16-25,27H2,1-2H3,(H2,48,62)(H,50,63)(H,51,56)(H,52,57)(H,53,65)(H,54,66)(H,55,64)(H,58,59)(H,60,61). The number of hydrogen-bond donors (Lipinski definition) is 10. The molecule has 0 aliphatic carbocycles. The lowest BCUT2D eigenvalue weighted by molar-refractivity contribution is -0.141. The Morgan fingerprint density at radius 2 is 1.15 bits per heavy atom. The molecule has 364 valence electrons. The maximum absolute atomic E-state index is 14.2. The number of aliphatic carboxylic acids is 2. The van der Waals surface area contributed by atoms with Gasteiger partial charge in [0, 0.05) is 36.4 Å². The summed E-state index contributed by atoms with van der Waals surface area (Å²) in [4.78, 5) is 120. The highest BCUT2D eigenvalue weighted by atomic mass is 32.2. The Morgan fingerprint density at radius 1 is 0.588 bits per heavy atom. The number of carboxylic acid groups (broad SMARTS) is 2. The van der Waals surface area contributed by atoms with Crippen LogP contribution in [0.2, 0.25) is 0 Å². The van der Waals surface area contributed by atoms with Gasteiger partial charge in [0.15, 0.2) is 0 Å². The fourth-order valence-electron chi connectivity index (χ4n) is 7.07.